The Morgan fingerprint density at radius 1 is 1.35 bits per heavy atom. The van der Waals surface area contributed by atoms with E-state index in [-0.39, 0.29) is 12.1 Å². The second-order valence-corrected chi connectivity index (χ2v) is 4.89. The Balaban J connectivity index is 1.91. The molecule has 0 radical (unpaired) electrons. The predicted octanol–water partition coefficient (Wildman–Crippen LogP) is 1.53. The predicted molar refractivity (Wildman–Crippen MR) is 76.1 cm³/mol. The van der Waals surface area contributed by atoms with Gasteiger partial charge in [0.1, 0.15) is 12.7 Å². The summed E-state index contributed by atoms with van der Waals surface area (Å²) in [4.78, 5) is 15.4. The van der Waals surface area contributed by atoms with Gasteiger partial charge in [0.25, 0.3) is 0 Å². The Hall–Kier alpha value is -2.37. The average molecular weight is 273 g/mol. The minimum absolute atomic E-state index is 0.133. The molecule has 106 valence electrons. The van der Waals surface area contributed by atoms with E-state index in [1.165, 1.54) is 6.33 Å². The third-order valence-electron chi connectivity index (χ3n) is 2.68. The standard InChI is InChI=1S/C14H19N5O/c1-11(2)18-14(20)16-7-12-4-3-5-13(6-12)8-19-10-15-9-17-19/h3-6,9-11H,7-8H2,1-2H3,(H2,16,18,20). The summed E-state index contributed by atoms with van der Waals surface area (Å²) in [7, 11) is 0. The first kappa shape index (κ1) is 14.0. The Morgan fingerprint density at radius 3 is 2.85 bits per heavy atom. The molecule has 1 aromatic carbocycles. The van der Waals surface area contributed by atoms with Crippen LogP contribution < -0.4 is 10.6 Å². The van der Waals surface area contributed by atoms with E-state index in [1.54, 1.807) is 11.0 Å². The lowest BCUT2D eigenvalue weighted by molar-refractivity contribution is 0.238. The molecule has 6 heteroatoms. The average Bonchev–Trinajstić information content (AvgIpc) is 2.89. The fourth-order valence-electron chi connectivity index (χ4n) is 1.83. The van der Waals surface area contributed by atoms with Crippen molar-refractivity contribution < 1.29 is 4.79 Å². The van der Waals surface area contributed by atoms with Crippen LogP contribution >= 0.6 is 0 Å². The molecule has 0 aliphatic rings. The summed E-state index contributed by atoms with van der Waals surface area (Å²) >= 11 is 0. The highest BCUT2D eigenvalue weighted by Gasteiger charge is 2.03. The lowest BCUT2D eigenvalue weighted by Gasteiger charge is -2.10. The van der Waals surface area contributed by atoms with Crippen molar-refractivity contribution in [1.29, 1.82) is 0 Å². The van der Waals surface area contributed by atoms with Gasteiger partial charge < -0.3 is 10.6 Å². The SMILES string of the molecule is CC(C)NC(=O)NCc1cccc(Cn2cncn2)c1. The van der Waals surface area contributed by atoms with Crippen LogP contribution in [0.4, 0.5) is 4.79 Å². The van der Waals surface area contributed by atoms with E-state index in [1.807, 2.05) is 32.0 Å². The molecule has 0 fully saturated rings. The van der Waals surface area contributed by atoms with Crippen molar-refractivity contribution in [1.82, 2.24) is 25.4 Å². The van der Waals surface area contributed by atoms with Crippen LogP contribution in [0.3, 0.4) is 0 Å². The molecule has 0 spiro atoms. The molecule has 0 saturated carbocycles. The van der Waals surface area contributed by atoms with Crippen molar-refractivity contribution in [2.45, 2.75) is 33.0 Å². The van der Waals surface area contributed by atoms with E-state index >= 15 is 0 Å². The highest BCUT2D eigenvalue weighted by molar-refractivity contribution is 5.74. The van der Waals surface area contributed by atoms with E-state index in [9.17, 15) is 4.79 Å². The van der Waals surface area contributed by atoms with Crippen LogP contribution in [0.1, 0.15) is 25.0 Å². The first-order chi connectivity index (χ1) is 9.63. The Labute approximate surface area is 118 Å². The Bertz CT molecular complexity index is 550. The summed E-state index contributed by atoms with van der Waals surface area (Å²) in [6.07, 6.45) is 3.20. The summed E-state index contributed by atoms with van der Waals surface area (Å²) in [6, 6.07) is 8.02. The van der Waals surface area contributed by atoms with Crippen molar-refractivity contribution in [3.05, 3.63) is 48.0 Å². The van der Waals surface area contributed by atoms with Crippen LogP contribution in [0, 0.1) is 0 Å². The monoisotopic (exact) mass is 273 g/mol. The number of hydrogen-bond acceptors (Lipinski definition) is 3. The van der Waals surface area contributed by atoms with Crippen molar-refractivity contribution in [2.24, 2.45) is 0 Å². The maximum atomic E-state index is 11.5. The zero-order chi connectivity index (χ0) is 14.4. The van der Waals surface area contributed by atoms with Gasteiger partial charge in [0.2, 0.25) is 0 Å². The number of hydrogen-bond donors (Lipinski definition) is 2. The van der Waals surface area contributed by atoms with Gasteiger partial charge in [-0.2, -0.15) is 5.10 Å². The molecular formula is C14H19N5O. The smallest absolute Gasteiger partial charge is 0.315 e. The molecule has 2 N–H and O–H groups in total. The zero-order valence-electron chi connectivity index (χ0n) is 11.7. The second-order valence-electron chi connectivity index (χ2n) is 4.89. The summed E-state index contributed by atoms with van der Waals surface area (Å²) in [5.74, 6) is 0. The minimum Gasteiger partial charge on any atom is -0.336 e. The highest BCUT2D eigenvalue weighted by atomic mass is 16.2. The van der Waals surface area contributed by atoms with Gasteiger partial charge in [-0.15, -0.1) is 0 Å². The lowest BCUT2D eigenvalue weighted by Crippen LogP contribution is -2.39. The molecule has 0 aliphatic heterocycles. The second kappa shape index (κ2) is 6.70. The van der Waals surface area contributed by atoms with E-state index in [0.29, 0.717) is 13.1 Å². The van der Waals surface area contributed by atoms with Crippen molar-refractivity contribution in [3.8, 4) is 0 Å². The van der Waals surface area contributed by atoms with E-state index in [4.69, 9.17) is 0 Å². The summed E-state index contributed by atoms with van der Waals surface area (Å²) < 4.78 is 1.76. The minimum atomic E-state index is -0.151. The lowest BCUT2D eigenvalue weighted by atomic mass is 10.1. The number of urea groups is 1. The molecule has 0 atom stereocenters. The van der Waals surface area contributed by atoms with Gasteiger partial charge in [-0.05, 0) is 25.0 Å². The van der Waals surface area contributed by atoms with Crippen molar-refractivity contribution >= 4 is 6.03 Å². The van der Waals surface area contributed by atoms with Gasteiger partial charge in [-0.1, -0.05) is 24.3 Å². The number of rotatable bonds is 5. The van der Waals surface area contributed by atoms with Gasteiger partial charge in [0.05, 0.1) is 6.54 Å². The maximum absolute atomic E-state index is 11.5. The molecule has 2 rings (SSSR count). The number of aromatic nitrogens is 3. The third kappa shape index (κ3) is 4.38. The molecular weight excluding hydrogens is 254 g/mol. The van der Waals surface area contributed by atoms with Crippen LogP contribution in [-0.2, 0) is 13.1 Å². The Morgan fingerprint density at radius 2 is 2.15 bits per heavy atom. The van der Waals surface area contributed by atoms with E-state index in [2.05, 4.69) is 26.8 Å². The summed E-state index contributed by atoms with van der Waals surface area (Å²) in [5, 5.41) is 9.70. The summed E-state index contributed by atoms with van der Waals surface area (Å²) in [6.45, 7) is 5.03. The maximum Gasteiger partial charge on any atom is 0.315 e. The summed E-state index contributed by atoms with van der Waals surface area (Å²) in [5.41, 5.74) is 2.18. The van der Waals surface area contributed by atoms with E-state index < -0.39 is 0 Å². The number of amides is 2. The van der Waals surface area contributed by atoms with Crippen LogP contribution in [0.5, 0.6) is 0 Å². The topological polar surface area (TPSA) is 71.8 Å². The van der Waals surface area contributed by atoms with Crippen LogP contribution in [0.2, 0.25) is 0 Å². The van der Waals surface area contributed by atoms with Gasteiger partial charge in [0, 0.05) is 12.6 Å². The van der Waals surface area contributed by atoms with Crippen LogP contribution in [-0.4, -0.2) is 26.8 Å². The number of nitrogens with one attached hydrogen (secondary N) is 2. The molecule has 0 aliphatic carbocycles. The largest absolute Gasteiger partial charge is 0.336 e. The molecule has 6 nitrogen and oxygen atoms in total. The van der Waals surface area contributed by atoms with Gasteiger partial charge in [-0.3, -0.25) is 0 Å². The molecule has 1 aromatic heterocycles. The molecule has 2 amide bonds. The number of benzene rings is 1. The number of carbonyl (C=O) groups excluding carboxylic acids is 1. The number of nitrogens with zero attached hydrogens (tertiary/aromatic N) is 3. The molecule has 20 heavy (non-hydrogen) atoms. The van der Waals surface area contributed by atoms with Crippen molar-refractivity contribution in [2.75, 3.05) is 0 Å². The zero-order valence-corrected chi connectivity index (χ0v) is 11.7. The first-order valence-corrected chi connectivity index (χ1v) is 6.58. The fourth-order valence-corrected chi connectivity index (χ4v) is 1.83. The molecule has 1 heterocycles. The highest BCUT2D eigenvalue weighted by Crippen LogP contribution is 2.06. The molecule has 0 unspecified atom stereocenters. The Kier molecular flexibility index (Phi) is 4.70. The van der Waals surface area contributed by atoms with Crippen LogP contribution in [0.25, 0.3) is 0 Å². The van der Waals surface area contributed by atoms with Gasteiger partial charge in [0.15, 0.2) is 0 Å². The first-order valence-electron chi connectivity index (χ1n) is 6.58. The quantitative estimate of drug-likeness (QED) is 0.868. The normalized spacial score (nSPS) is 10.6. The molecule has 0 saturated heterocycles. The fraction of sp³-hybridized carbons (Fsp3) is 0.357. The molecule has 2 aromatic rings. The van der Waals surface area contributed by atoms with Gasteiger partial charge >= 0.3 is 6.03 Å². The third-order valence-corrected chi connectivity index (χ3v) is 2.68. The van der Waals surface area contributed by atoms with Crippen molar-refractivity contribution in [3.63, 3.8) is 0 Å². The molecule has 0 bridgehead atoms. The number of carbonyl (C=O) groups is 1. The van der Waals surface area contributed by atoms with Gasteiger partial charge in [-0.25, -0.2) is 14.5 Å². The van der Waals surface area contributed by atoms with E-state index in [0.717, 1.165) is 11.1 Å². The van der Waals surface area contributed by atoms with Crippen LogP contribution in [0.15, 0.2) is 36.9 Å².